The number of allylic oxidation sites excluding steroid dienone is 1. The number of aromatic nitrogens is 3. The molecule has 3 aromatic rings. The summed E-state index contributed by atoms with van der Waals surface area (Å²) < 4.78 is 0. The van der Waals surface area contributed by atoms with Crippen LogP contribution in [0.4, 0.5) is 11.9 Å². The van der Waals surface area contributed by atoms with Crippen molar-refractivity contribution < 1.29 is 4.79 Å². The Hall–Kier alpha value is -3.72. The molecular formula is C25H25N7OS. The predicted octanol–water partition coefficient (Wildman–Crippen LogP) is 3.95. The predicted molar refractivity (Wildman–Crippen MR) is 135 cm³/mol. The van der Waals surface area contributed by atoms with Crippen LogP contribution in [0.3, 0.4) is 0 Å². The molecule has 0 spiro atoms. The maximum atomic E-state index is 13.4. The van der Waals surface area contributed by atoms with Crippen LogP contribution in [-0.2, 0) is 4.79 Å². The molecule has 2 aromatic carbocycles. The lowest BCUT2D eigenvalue weighted by Gasteiger charge is -2.29. The molecule has 4 N–H and O–H groups in total. The Balaban J connectivity index is 1.45. The third-order valence-electron chi connectivity index (χ3n) is 6.01. The highest BCUT2D eigenvalue weighted by atomic mass is 32.2. The molecule has 1 aromatic heterocycles. The van der Waals surface area contributed by atoms with Crippen LogP contribution in [0.15, 0.2) is 76.5 Å². The molecule has 9 heteroatoms. The van der Waals surface area contributed by atoms with E-state index in [1.165, 1.54) is 17.3 Å². The van der Waals surface area contributed by atoms with E-state index in [-0.39, 0.29) is 35.5 Å². The highest BCUT2D eigenvalue weighted by Gasteiger charge is 2.43. The van der Waals surface area contributed by atoms with E-state index in [0.29, 0.717) is 5.16 Å². The van der Waals surface area contributed by atoms with E-state index in [0.717, 1.165) is 36.1 Å². The molecule has 8 nitrogen and oxygen atoms in total. The van der Waals surface area contributed by atoms with Gasteiger partial charge in [-0.1, -0.05) is 72.4 Å². The molecule has 1 saturated carbocycles. The number of hydrogen-bond acceptors (Lipinski definition) is 8. The van der Waals surface area contributed by atoms with Crippen molar-refractivity contribution in [1.29, 1.82) is 0 Å². The molecule has 0 saturated heterocycles. The molecule has 2 heterocycles. The lowest BCUT2D eigenvalue weighted by Crippen LogP contribution is -2.32. The number of nitrogens with two attached hydrogens (primary N) is 2. The number of benzene rings is 2. The van der Waals surface area contributed by atoms with Crippen LogP contribution < -0.4 is 11.5 Å². The van der Waals surface area contributed by atoms with Crippen LogP contribution in [0.25, 0.3) is 6.08 Å². The molecule has 2 aliphatic rings. The van der Waals surface area contributed by atoms with E-state index in [4.69, 9.17) is 16.6 Å². The van der Waals surface area contributed by atoms with Gasteiger partial charge in [0.2, 0.25) is 11.9 Å². The first-order valence-electron chi connectivity index (χ1n) is 11.2. The van der Waals surface area contributed by atoms with Crippen molar-refractivity contribution in [1.82, 2.24) is 20.0 Å². The van der Waals surface area contributed by atoms with Gasteiger partial charge in [-0.25, -0.2) is 5.01 Å². The number of hydrogen-bond donors (Lipinski definition) is 2. The molecule has 1 fully saturated rings. The summed E-state index contributed by atoms with van der Waals surface area (Å²) in [7, 11) is 0. The van der Waals surface area contributed by atoms with Gasteiger partial charge in [0, 0.05) is 5.92 Å². The number of thioether (sulfide) groups is 1. The summed E-state index contributed by atoms with van der Waals surface area (Å²) in [5.41, 5.74) is 15.8. The van der Waals surface area contributed by atoms with E-state index in [2.05, 4.69) is 45.3 Å². The minimum absolute atomic E-state index is 0.0349. The summed E-state index contributed by atoms with van der Waals surface area (Å²) in [6.45, 7) is 0. The topological polar surface area (TPSA) is 123 Å². The van der Waals surface area contributed by atoms with E-state index in [1.54, 1.807) is 5.01 Å². The van der Waals surface area contributed by atoms with Crippen molar-refractivity contribution in [2.45, 2.75) is 30.5 Å². The van der Waals surface area contributed by atoms with Gasteiger partial charge in [0.15, 0.2) is 5.16 Å². The van der Waals surface area contributed by atoms with Crippen LogP contribution in [0.5, 0.6) is 0 Å². The number of carbonyl (C=O) groups excluding carboxylic acids is 1. The third-order valence-corrected chi connectivity index (χ3v) is 6.84. The standard InChI is InChI=1S/C25H25N7OS/c26-23-28-24(27)30-25(29-23)34-15-20(33)32-22(17-10-5-2-6-11-17)19-13-7-12-18(21(19)31-32)14-16-8-3-1-4-9-16/h1-6,8-11,14,19,22H,7,12-13,15H2,(H4,26,27,28,29,30)/b18-14+/t19-,22+/m0/s1. The summed E-state index contributed by atoms with van der Waals surface area (Å²) >= 11 is 1.18. The van der Waals surface area contributed by atoms with Crippen molar-refractivity contribution >= 4 is 41.4 Å². The molecular weight excluding hydrogens is 446 g/mol. The Morgan fingerprint density at radius 1 is 1.00 bits per heavy atom. The second kappa shape index (κ2) is 9.64. The largest absolute Gasteiger partial charge is 0.368 e. The molecule has 172 valence electrons. The van der Waals surface area contributed by atoms with Crippen LogP contribution in [-0.4, -0.2) is 37.3 Å². The van der Waals surface area contributed by atoms with Gasteiger partial charge >= 0.3 is 0 Å². The second-order valence-electron chi connectivity index (χ2n) is 8.28. The van der Waals surface area contributed by atoms with Crippen LogP contribution in [0, 0.1) is 5.92 Å². The maximum Gasteiger partial charge on any atom is 0.253 e. The SMILES string of the molecule is Nc1nc(N)nc(SCC(=O)N2N=C3/C(=C/c4ccccc4)CCC[C@@H]3[C@H]2c2ccccc2)n1. The number of nitrogens with zero attached hydrogens (tertiary/aromatic N) is 5. The number of hydrazone groups is 1. The number of nitrogen functional groups attached to an aromatic ring is 2. The van der Waals surface area contributed by atoms with Gasteiger partial charge in [0.1, 0.15) is 0 Å². The first kappa shape index (κ1) is 22.1. The van der Waals surface area contributed by atoms with Crippen molar-refractivity contribution in [2.75, 3.05) is 17.2 Å². The Morgan fingerprint density at radius 3 is 2.38 bits per heavy atom. The highest BCUT2D eigenvalue weighted by molar-refractivity contribution is 7.99. The second-order valence-corrected chi connectivity index (χ2v) is 9.22. The maximum absolute atomic E-state index is 13.4. The lowest BCUT2D eigenvalue weighted by molar-refractivity contribution is -0.130. The van der Waals surface area contributed by atoms with E-state index >= 15 is 0 Å². The summed E-state index contributed by atoms with van der Waals surface area (Å²) in [5, 5.41) is 6.88. The van der Waals surface area contributed by atoms with Crippen molar-refractivity contribution in [3.05, 3.63) is 77.4 Å². The minimum atomic E-state index is -0.141. The fourth-order valence-electron chi connectivity index (χ4n) is 4.59. The van der Waals surface area contributed by atoms with Crippen molar-refractivity contribution in [3.8, 4) is 0 Å². The number of carbonyl (C=O) groups is 1. The normalized spacial score (nSPS) is 20.8. The first-order chi connectivity index (χ1) is 16.6. The summed E-state index contributed by atoms with van der Waals surface area (Å²) in [6.07, 6.45) is 5.20. The van der Waals surface area contributed by atoms with Gasteiger partial charge in [-0.05, 0) is 42.0 Å². The number of rotatable bonds is 5. The van der Waals surface area contributed by atoms with Gasteiger partial charge in [-0.15, -0.1) is 0 Å². The molecule has 2 atom stereocenters. The van der Waals surface area contributed by atoms with E-state index < -0.39 is 0 Å². The third kappa shape index (κ3) is 4.65. The molecule has 5 rings (SSSR count). The smallest absolute Gasteiger partial charge is 0.253 e. The Morgan fingerprint density at radius 2 is 1.68 bits per heavy atom. The zero-order valence-electron chi connectivity index (χ0n) is 18.5. The first-order valence-corrected chi connectivity index (χ1v) is 12.2. The average molecular weight is 472 g/mol. The molecule has 1 aliphatic heterocycles. The molecule has 0 unspecified atom stereocenters. The minimum Gasteiger partial charge on any atom is -0.368 e. The summed E-state index contributed by atoms with van der Waals surface area (Å²) in [5.74, 6) is 0.231. The number of amides is 1. The molecule has 0 radical (unpaired) electrons. The van der Waals surface area contributed by atoms with Gasteiger partial charge in [-0.2, -0.15) is 20.1 Å². The van der Waals surface area contributed by atoms with Gasteiger partial charge in [0.25, 0.3) is 5.91 Å². The Bertz CT molecular complexity index is 1230. The summed E-state index contributed by atoms with van der Waals surface area (Å²) in [6, 6.07) is 20.2. The van der Waals surface area contributed by atoms with Crippen LogP contribution >= 0.6 is 11.8 Å². The summed E-state index contributed by atoms with van der Waals surface area (Å²) in [4.78, 5) is 25.3. The molecule has 34 heavy (non-hydrogen) atoms. The monoisotopic (exact) mass is 471 g/mol. The van der Waals surface area contributed by atoms with E-state index in [1.807, 2.05) is 36.4 Å². The number of fused-ring (bicyclic) bond motifs is 1. The zero-order chi connectivity index (χ0) is 23.5. The molecule has 1 amide bonds. The van der Waals surface area contributed by atoms with Crippen LogP contribution in [0.1, 0.15) is 36.4 Å². The lowest BCUT2D eigenvalue weighted by atomic mass is 9.77. The fourth-order valence-corrected chi connectivity index (χ4v) is 5.29. The Labute approximate surface area is 202 Å². The zero-order valence-corrected chi connectivity index (χ0v) is 19.4. The van der Waals surface area contributed by atoms with Gasteiger partial charge < -0.3 is 11.5 Å². The highest BCUT2D eigenvalue weighted by Crippen LogP contribution is 2.44. The van der Waals surface area contributed by atoms with Gasteiger partial charge in [0.05, 0.1) is 17.5 Å². The average Bonchev–Trinajstić information content (AvgIpc) is 3.24. The van der Waals surface area contributed by atoms with Crippen molar-refractivity contribution in [3.63, 3.8) is 0 Å². The fraction of sp³-hybridized carbons (Fsp3) is 0.240. The van der Waals surface area contributed by atoms with E-state index in [9.17, 15) is 4.79 Å². The number of anilines is 2. The Kier molecular flexibility index (Phi) is 6.27. The molecule has 0 bridgehead atoms. The quantitative estimate of drug-likeness (QED) is 0.540. The molecule has 1 aliphatic carbocycles. The van der Waals surface area contributed by atoms with Crippen LogP contribution in [0.2, 0.25) is 0 Å². The van der Waals surface area contributed by atoms with Gasteiger partial charge in [-0.3, -0.25) is 4.79 Å². The van der Waals surface area contributed by atoms with Crippen molar-refractivity contribution in [2.24, 2.45) is 11.0 Å².